The van der Waals surface area contributed by atoms with E-state index in [1.54, 1.807) is 6.07 Å². The van der Waals surface area contributed by atoms with E-state index in [-0.39, 0.29) is 10.6 Å². The summed E-state index contributed by atoms with van der Waals surface area (Å²) in [7, 11) is -1.76. The summed E-state index contributed by atoms with van der Waals surface area (Å²) in [6.45, 7) is 1.95. The highest BCUT2D eigenvalue weighted by Crippen LogP contribution is 2.29. The second-order valence-corrected chi connectivity index (χ2v) is 7.94. The van der Waals surface area contributed by atoms with Gasteiger partial charge in [-0.2, -0.15) is 4.57 Å². The molecule has 0 bridgehead atoms. The van der Waals surface area contributed by atoms with Crippen molar-refractivity contribution < 1.29 is 26.6 Å². The Labute approximate surface area is 167 Å². The van der Waals surface area contributed by atoms with Crippen LogP contribution < -0.4 is 4.57 Å². The summed E-state index contributed by atoms with van der Waals surface area (Å²) in [4.78, 5) is 10.9. The Hall–Kier alpha value is -1.15. The summed E-state index contributed by atoms with van der Waals surface area (Å²) in [6.07, 6.45) is 0. The van der Waals surface area contributed by atoms with Gasteiger partial charge in [-0.05, 0) is 46.9 Å². The van der Waals surface area contributed by atoms with Crippen molar-refractivity contribution in [2.24, 2.45) is 7.05 Å². The van der Waals surface area contributed by atoms with Crippen LogP contribution in [-0.2, 0) is 21.6 Å². The van der Waals surface area contributed by atoms with Gasteiger partial charge in [0.2, 0.25) is 10.4 Å². The third kappa shape index (κ3) is 6.26. The van der Waals surface area contributed by atoms with Gasteiger partial charge in [-0.15, -0.1) is 0 Å². The standard InChI is InChI=1S/C13H11BrIN2O2.CH4O4S/c1-8-11(15)7-12(17(18)19)13(16(8)2)9-3-5-10(14)6-4-9;1-5-6(2,3)4/h3-7H,1-2H3;1H3,(H,2,3,4)/q+1;/p-1. The van der Waals surface area contributed by atoms with Crippen molar-refractivity contribution in [2.75, 3.05) is 7.11 Å². The minimum Gasteiger partial charge on any atom is -0.726 e. The molecule has 11 heteroatoms. The van der Waals surface area contributed by atoms with Gasteiger partial charge < -0.3 is 4.55 Å². The van der Waals surface area contributed by atoms with E-state index in [4.69, 9.17) is 0 Å². The van der Waals surface area contributed by atoms with E-state index in [0.717, 1.165) is 26.4 Å². The fourth-order valence-corrected chi connectivity index (χ4v) is 2.80. The number of pyridine rings is 1. The first-order valence-electron chi connectivity index (χ1n) is 6.58. The third-order valence-corrected chi connectivity index (χ3v) is 5.24. The average Bonchev–Trinajstić information content (AvgIpc) is 2.53. The summed E-state index contributed by atoms with van der Waals surface area (Å²) < 4.78 is 34.7. The summed E-state index contributed by atoms with van der Waals surface area (Å²) in [6, 6.07) is 9.13. The number of aromatic nitrogens is 1. The number of nitro groups is 1. The van der Waals surface area contributed by atoms with Crippen LogP contribution in [0.5, 0.6) is 0 Å². The van der Waals surface area contributed by atoms with Crippen LogP contribution in [0.15, 0.2) is 34.8 Å². The number of nitrogens with zero attached hydrogens (tertiary/aromatic N) is 2. The van der Waals surface area contributed by atoms with Crippen molar-refractivity contribution in [3.8, 4) is 11.3 Å². The molecule has 0 aliphatic heterocycles. The average molecular weight is 545 g/mol. The molecule has 136 valence electrons. The first-order chi connectivity index (χ1) is 11.5. The van der Waals surface area contributed by atoms with Crippen molar-refractivity contribution in [3.05, 3.63) is 54.2 Å². The first kappa shape index (κ1) is 21.9. The minimum absolute atomic E-state index is 0.125. The van der Waals surface area contributed by atoms with E-state index in [0.29, 0.717) is 5.69 Å². The Balaban J connectivity index is 0.000000450. The van der Waals surface area contributed by atoms with Crippen molar-refractivity contribution in [3.63, 3.8) is 0 Å². The van der Waals surface area contributed by atoms with E-state index >= 15 is 0 Å². The van der Waals surface area contributed by atoms with Crippen molar-refractivity contribution in [1.82, 2.24) is 0 Å². The van der Waals surface area contributed by atoms with E-state index in [1.165, 1.54) is 0 Å². The summed E-state index contributed by atoms with van der Waals surface area (Å²) in [5.41, 5.74) is 2.58. The predicted octanol–water partition coefficient (Wildman–Crippen LogP) is 2.85. The van der Waals surface area contributed by atoms with Gasteiger partial charge in [0, 0.05) is 17.5 Å². The second-order valence-electron chi connectivity index (χ2n) is 4.71. The van der Waals surface area contributed by atoms with Crippen LogP contribution in [0.25, 0.3) is 11.3 Å². The molecule has 0 unspecified atom stereocenters. The Morgan fingerprint density at radius 1 is 1.28 bits per heavy atom. The van der Waals surface area contributed by atoms with Crippen LogP contribution in [0, 0.1) is 20.6 Å². The lowest BCUT2D eigenvalue weighted by atomic mass is 10.1. The number of hydrogen-bond acceptors (Lipinski definition) is 6. The van der Waals surface area contributed by atoms with E-state index in [2.05, 4.69) is 42.7 Å². The van der Waals surface area contributed by atoms with Gasteiger partial charge in [-0.25, -0.2) is 8.42 Å². The van der Waals surface area contributed by atoms with Gasteiger partial charge in [0.05, 0.1) is 21.2 Å². The number of halogens is 2. The molecule has 8 nitrogen and oxygen atoms in total. The molecule has 25 heavy (non-hydrogen) atoms. The maximum absolute atomic E-state index is 11.3. The van der Waals surface area contributed by atoms with Gasteiger partial charge in [0.25, 0.3) is 5.69 Å². The molecule has 0 N–H and O–H groups in total. The zero-order valence-electron chi connectivity index (χ0n) is 13.4. The molecule has 0 aliphatic carbocycles. The third-order valence-electron chi connectivity index (χ3n) is 3.21. The highest BCUT2D eigenvalue weighted by Gasteiger charge is 2.28. The van der Waals surface area contributed by atoms with Crippen LogP contribution in [0.3, 0.4) is 0 Å². The van der Waals surface area contributed by atoms with Crippen LogP contribution in [-0.4, -0.2) is 25.0 Å². The predicted molar refractivity (Wildman–Crippen MR) is 102 cm³/mol. The highest BCUT2D eigenvalue weighted by molar-refractivity contribution is 14.1. The largest absolute Gasteiger partial charge is 0.726 e. The lowest BCUT2D eigenvalue weighted by molar-refractivity contribution is -0.669. The second kappa shape index (κ2) is 8.98. The molecule has 0 amide bonds. The minimum atomic E-state index is -4.41. The van der Waals surface area contributed by atoms with Crippen LogP contribution in [0.1, 0.15) is 5.69 Å². The van der Waals surface area contributed by atoms with Gasteiger partial charge in [-0.3, -0.25) is 14.3 Å². The van der Waals surface area contributed by atoms with Crippen LogP contribution >= 0.6 is 38.5 Å². The Morgan fingerprint density at radius 2 is 1.76 bits per heavy atom. The molecule has 0 atom stereocenters. The van der Waals surface area contributed by atoms with Gasteiger partial charge in [0.1, 0.15) is 7.05 Å². The van der Waals surface area contributed by atoms with E-state index < -0.39 is 10.4 Å². The molecule has 2 rings (SSSR count). The molecule has 1 aromatic carbocycles. The quantitative estimate of drug-likeness (QED) is 0.147. The van der Waals surface area contributed by atoms with E-state index in [1.807, 2.05) is 42.8 Å². The molecule has 0 spiro atoms. The molecule has 0 fully saturated rings. The zero-order chi connectivity index (χ0) is 19.4. The number of hydrogen-bond donors (Lipinski definition) is 0. The smallest absolute Gasteiger partial charge is 0.341 e. The molecule has 2 aromatic rings. The summed E-state index contributed by atoms with van der Waals surface area (Å²) in [5, 5.41) is 11.3. The van der Waals surface area contributed by atoms with Gasteiger partial charge in [0.15, 0.2) is 5.69 Å². The SMILES string of the molecule is COS(=O)(=O)[O-].Cc1c(I)cc([N+](=O)[O-])c(-c2ccc(Br)cc2)[n+]1C. The lowest BCUT2D eigenvalue weighted by Gasteiger charge is -2.05. The fourth-order valence-electron chi connectivity index (χ4n) is 1.88. The molecule has 1 aromatic heterocycles. The topological polar surface area (TPSA) is 113 Å². The molecule has 0 aliphatic rings. The van der Waals surface area contributed by atoms with E-state index in [9.17, 15) is 23.1 Å². The molecule has 0 saturated carbocycles. The fraction of sp³-hybridized carbons (Fsp3) is 0.214. The molecule has 0 radical (unpaired) electrons. The molecular formula is C14H14BrIN2O6S. The Morgan fingerprint density at radius 3 is 2.16 bits per heavy atom. The zero-order valence-corrected chi connectivity index (χ0v) is 18.0. The van der Waals surface area contributed by atoms with Crippen LogP contribution in [0.2, 0.25) is 0 Å². The lowest BCUT2D eigenvalue weighted by Crippen LogP contribution is -2.36. The maximum Gasteiger partial charge on any atom is 0.341 e. The van der Waals surface area contributed by atoms with Gasteiger partial charge >= 0.3 is 5.69 Å². The first-order valence-corrected chi connectivity index (χ1v) is 9.79. The highest BCUT2D eigenvalue weighted by atomic mass is 127. The molecule has 0 saturated heterocycles. The Kier molecular flexibility index (Phi) is 7.87. The van der Waals surface area contributed by atoms with Crippen molar-refractivity contribution in [2.45, 2.75) is 6.92 Å². The van der Waals surface area contributed by atoms with Gasteiger partial charge in [-0.1, -0.05) is 15.9 Å². The normalized spacial score (nSPS) is 10.8. The van der Waals surface area contributed by atoms with Crippen LogP contribution in [0.4, 0.5) is 5.69 Å². The molecule has 1 heterocycles. The monoisotopic (exact) mass is 544 g/mol. The van der Waals surface area contributed by atoms with Crippen molar-refractivity contribution >= 4 is 54.6 Å². The summed E-state index contributed by atoms with van der Waals surface area (Å²) in [5.74, 6) is 0. The number of benzene rings is 1. The molecular weight excluding hydrogens is 531 g/mol. The number of rotatable bonds is 3. The van der Waals surface area contributed by atoms with Crippen molar-refractivity contribution in [1.29, 1.82) is 0 Å². The summed E-state index contributed by atoms with van der Waals surface area (Å²) >= 11 is 5.49. The maximum atomic E-state index is 11.3. The Bertz CT molecular complexity index is 887.